The van der Waals surface area contributed by atoms with Crippen LogP contribution in [0.15, 0.2) is 28.7 Å². The summed E-state index contributed by atoms with van der Waals surface area (Å²) >= 11 is 3.40. The number of carbonyl (C=O) groups excluding carboxylic acids is 1. The molecule has 110 valence electrons. The van der Waals surface area contributed by atoms with E-state index >= 15 is 0 Å². The van der Waals surface area contributed by atoms with Crippen LogP contribution in [-0.4, -0.2) is 36.5 Å². The highest BCUT2D eigenvalue weighted by Gasteiger charge is 2.26. The van der Waals surface area contributed by atoms with Crippen molar-refractivity contribution in [2.45, 2.75) is 25.8 Å². The summed E-state index contributed by atoms with van der Waals surface area (Å²) in [5, 5.41) is 2.93. The van der Waals surface area contributed by atoms with Crippen LogP contribution >= 0.6 is 15.9 Å². The third kappa shape index (κ3) is 4.30. The van der Waals surface area contributed by atoms with Crippen LogP contribution in [0.5, 0.6) is 0 Å². The van der Waals surface area contributed by atoms with Crippen molar-refractivity contribution in [3.8, 4) is 0 Å². The van der Waals surface area contributed by atoms with E-state index in [0.717, 1.165) is 36.1 Å². The molecule has 1 saturated heterocycles. The fourth-order valence-corrected chi connectivity index (χ4v) is 3.07. The number of rotatable bonds is 4. The fourth-order valence-electron chi connectivity index (χ4n) is 2.67. The van der Waals surface area contributed by atoms with Gasteiger partial charge in [0.05, 0.1) is 6.54 Å². The van der Waals surface area contributed by atoms with Crippen molar-refractivity contribution in [3.63, 3.8) is 0 Å². The van der Waals surface area contributed by atoms with Crippen molar-refractivity contribution in [1.29, 1.82) is 0 Å². The molecule has 0 aromatic heterocycles. The van der Waals surface area contributed by atoms with Gasteiger partial charge in [-0.25, -0.2) is 0 Å². The van der Waals surface area contributed by atoms with Crippen molar-refractivity contribution in [1.82, 2.24) is 4.90 Å². The fraction of sp³-hybridized carbons (Fsp3) is 0.533. The van der Waals surface area contributed by atoms with Gasteiger partial charge in [0.25, 0.3) is 0 Å². The van der Waals surface area contributed by atoms with Crippen LogP contribution in [0.1, 0.15) is 19.8 Å². The first-order chi connectivity index (χ1) is 9.58. The number of nitrogens with one attached hydrogen (secondary N) is 1. The molecule has 1 amide bonds. The predicted molar refractivity (Wildman–Crippen MR) is 85.6 cm³/mol. The third-order valence-corrected chi connectivity index (χ3v) is 4.37. The molecule has 1 aromatic carbocycles. The smallest absolute Gasteiger partial charge is 0.238 e. The number of nitrogens with two attached hydrogens (primary N) is 1. The number of nitrogens with zero attached hydrogens (tertiary/aromatic N) is 1. The van der Waals surface area contributed by atoms with Crippen LogP contribution in [-0.2, 0) is 4.79 Å². The lowest BCUT2D eigenvalue weighted by Crippen LogP contribution is -2.48. The Bertz CT molecular complexity index is 466. The number of piperidine rings is 1. The molecule has 3 N–H and O–H groups in total. The second-order valence-electron chi connectivity index (χ2n) is 5.41. The van der Waals surface area contributed by atoms with Gasteiger partial charge in [-0.2, -0.15) is 0 Å². The molecular weight excluding hydrogens is 318 g/mol. The summed E-state index contributed by atoms with van der Waals surface area (Å²) in [5.41, 5.74) is 6.91. The summed E-state index contributed by atoms with van der Waals surface area (Å²) in [7, 11) is 0. The Morgan fingerprint density at radius 1 is 1.55 bits per heavy atom. The minimum atomic E-state index is 0.0356. The molecule has 20 heavy (non-hydrogen) atoms. The van der Waals surface area contributed by atoms with E-state index in [-0.39, 0.29) is 11.9 Å². The Kier molecular flexibility index (Phi) is 5.57. The van der Waals surface area contributed by atoms with Crippen LogP contribution in [0.4, 0.5) is 5.69 Å². The summed E-state index contributed by atoms with van der Waals surface area (Å²) < 4.78 is 0.963. The second kappa shape index (κ2) is 7.20. The first kappa shape index (κ1) is 15.5. The van der Waals surface area contributed by atoms with E-state index in [2.05, 4.69) is 33.1 Å². The van der Waals surface area contributed by atoms with Gasteiger partial charge in [0.1, 0.15) is 0 Å². The van der Waals surface area contributed by atoms with E-state index in [1.165, 1.54) is 0 Å². The number of likely N-dealkylation sites (tertiary alicyclic amines) is 1. The molecule has 0 aliphatic carbocycles. The Morgan fingerprint density at radius 2 is 2.35 bits per heavy atom. The van der Waals surface area contributed by atoms with E-state index < -0.39 is 0 Å². The van der Waals surface area contributed by atoms with Crippen molar-refractivity contribution in [2.24, 2.45) is 11.7 Å². The van der Waals surface area contributed by atoms with Crippen LogP contribution in [0.25, 0.3) is 0 Å². The highest BCUT2D eigenvalue weighted by atomic mass is 79.9. The maximum atomic E-state index is 12.1. The summed E-state index contributed by atoms with van der Waals surface area (Å²) in [6.07, 6.45) is 2.05. The Balaban J connectivity index is 1.85. The molecule has 2 unspecified atom stereocenters. The number of benzene rings is 1. The predicted octanol–water partition coefficient (Wildman–Crippen LogP) is 2.45. The van der Waals surface area contributed by atoms with E-state index in [1.807, 2.05) is 24.3 Å². The number of anilines is 1. The molecule has 0 saturated carbocycles. The topological polar surface area (TPSA) is 58.4 Å². The van der Waals surface area contributed by atoms with Gasteiger partial charge >= 0.3 is 0 Å². The maximum absolute atomic E-state index is 12.1. The zero-order chi connectivity index (χ0) is 14.5. The van der Waals surface area contributed by atoms with Crippen molar-refractivity contribution >= 4 is 27.5 Å². The third-order valence-electron chi connectivity index (χ3n) is 3.88. The van der Waals surface area contributed by atoms with Crippen molar-refractivity contribution < 1.29 is 4.79 Å². The van der Waals surface area contributed by atoms with Gasteiger partial charge in [0, 0.05) is 29.3 Å². The molecule has 1 aliphatic heterocycles. The number of amides is 1. The lowest BCUT2D eigenvalue weighted by Gasteiger charge is -2.36. The highest BCUT2D eigenvalue weighted by Crippen LogP contribution is 2.19. The molecule has 2 rings (SSSR count). The van der Waals surface area contributed by atoms with Gasteiger partial charge in [-0.15, -0.1) is 0 Å². The van der Waals surface area contributed by atoms with Crippen molar-refractivity contribution in [2.75, 3.05) is 25.0 Å². The van der Waals surface area contributed by atoms with Gasteiger partial charge in [-0.3, -0.25) is 9.69 Å². The first-order valence-electron chi connectivity index (χ1n) is 7.12. The largest absolute Gasteiger partial charge is 0.327 e. The summed E-state index contributed by atoms with van der Waals surface area (Å²) in [6.45, 7) is 4.43. The summed E-state index contributed by atoms with van der Waals surface area (Å²) in [6, 6.07) is 7.92. The van der Waals surface area contributed by atoms with Crippen LogP contribution in [0.3, 0.4) is 0 Å². The SMILES string of the molecule is CCC1CN(CC(=O)Nc2cccc(Br)c2)CCC1N. The first-order valence-corrected chi connectivity index (χ1v) is 7.91. The summed E-state index contributed by atoms with van der Waals surface area (Å²) in [4.78, 5) is 14.3. The standard InChI is InChI=1S/C15H22BrN3O/c1-2-11-9-19(7-6-14(11)17)10-15(20)18-13-5-3-4-12(16)8-13/h3-5,8,11,14H,2,6-7,9-10,17H2,1H3,(H,18,20). The maximum Gasteiger partial charge on any atom is 0.238 e. The van der Waals surface area contributed by atoms with Gasteiger partial charge < -0.3 is 11.1 Å². The van der Waals surface area contributed by atoms with Crippen molar-refractivity contribution in [3.05, 3.63) is 28.7 Å². The van der Waals surface area contributed by atoms with Crippen LogP contribution in [0, 0.1) is 5.92 Å². The molecule has 4 nitrogen and oxygen atoms in total. The average Bonchev–Trinajstić information content (AvgIpc) is 2.41. The van der Waals surface area contributed by atoms with Crippen LogP contribution < -0.4 is 11.1 Å². The number of carbonyl (C=O) groups is 1. The molecule has 1 aliphatic rings. The van der Waals surface area contributed by atoms with E-state index in [9.17, 15) is 4.79 Å². The monoisotopic (exact) mass is 339 g/mol. The number of halogens is 1. The minimum absolute atomic E-state index is 0.0356. The number of hydrogen-bond acceptors (Lipinski definition) is 3. The second-order valence-corrected chi connectivity index (χ2v) is 6.33. The normalized spacial score (nSPS) is 23.6. The van der Waals surface area contributed by atoms with Gasteiger partial charge in [0.15, 0.2) is 0 Å². The van der Waals surface area contributed by atoms with Gasteiger partial charge in [-0.1, -0.05) is 35.3 Å². The minimum Gasteiger partial charge on any atom is -0.327 e. The summed E-state index contributed by atoms with van der Waals surface area (Å²) in [5.74, 6) is 0.538. The van der Waals surface area contributed by atoms with E-state index in [1.54, 1.807) is 0 Å². The van der Waals surface area contributed by atoms with E-state index in [0.29, 0.717) is 12.5 Å². The average molecular weight is 340 g/mol. The highest BCUT2D eigenvalue weighted by molar-refractivity contribution is 9.10. The lowest BCUT2D eigenvalue weighted by atomic mass is 9.91. The molecule has 2 atom stereocenters. The van der Waals surface area contributed by atoms with Gasteiger partial charge in [-0.05, 0) is 30.5 Å². The molecule has 0 bridgehead atoms. The number of hydrogen-bond donors (Lipinski definition) is 2. The zero-order valence-electron chi connectivity index (χ0n) is 11.8. The molecule has 1 fully saturated rings. The molecule has 1 aromatic rings. The van der Waals surface area contributed by atoms with Gasteiger partial charge in [0.2, 0.25) is 5.91 Å². The van der Waals surface area contributed by atoms with E-state index in [4.69, 9.17) is 5.73 Å². The lowest BCUT2D eigenvalue weighted by molar-refractivity contribution is -0.117. The zero-order valence-corrected chi connectivity index (χ0v) is 13.4. The molecule has 1 heterocycles. The molecule has 0 radical (unpaired) electrons. The quantitative estimate of drug-likeness (QED) is 0.885. The molecule has 5 heteroatoms. The van der Waals surface area contributed by atoms with Crippen LogP contribution in [0.2, 0.25) is 0 Å². The molecule has 0 spiro atoms. The Labute approximate surface area is 128 Å². The Morgan fingerprint density at radius 3 is 3.05 bits per heavy atom. The molecular formula is C15H22BrN3O. The Hall–Kier alpha value is -0.910.